The number of carbonyl (C=O) groups is 3. The fourth-order valence-electron chi connectivity index (χ4n) is 4.15. The fourth-order valence-corrected chi connectivity index (χ4v) is 5.92. The van der Waals surface area contributed by atoms with Crippen molar-refractivity contribution in [3.63, 3.8) is 0 Å². The van der Waals surface area contributed by atoms with Crippen LogP contribution >= 0.6 is 23.3 Å². The lowest BCUT2D eigenvalue weighted by Gasteiger charge is -2.50. The molecule has 0 aliphatic carbocycles. The molecule has 14 nitrogen and oxygen atoms in total. The average Bonchev–Trinajstić information content (AvgIpc) is 3.52. The van der Waals surface area contributed by atoms with Gasteiger partial charge in [-0.2, -0.15) is 14.6 Å². The van der Waals surface area contributed by atoms with Crippen LogP contribution in [0.3, 0.4) is 0 Å². The molecule has 3 N–H and O–H groups in total. The van der Waals surface area contributed by atoms with Crippen LogP contribution in [0.4, 0.5) is 5.13 Å². The molecule has 0 bridgehead atoms. The highest BCUT2D eigenvalue weighted by molar-refractivity contribution is 8.00. The highest BCUT2D eigenvalue weighted by atomic mass is 32.2. The molecule has 0 unspecified atom stereocenters. The number of carboxylic acids is 1. The minimum atomic E-state index is -1.49. The van der Waals surface area contributed by atoms with Gasteiger partial charge in [0.2, 0.25) is 11.5 Å². The molecule has 194 valence electrons. The Kier molecular flexibility index (Phi) is 6.70. The van der Waals surface area contributed by atoms with E-state index in [1.165, 1.54) is 11.8 Å². The number of hydrogen-bond donors (Lipinski definition) is 2. The Balaban J connectivity index is 1.37. The van der Waals surface area contributed by atoms with Gasteiger partial charge in [-0.3, -0.25) is 14.5 Å². The number of oxime groups is 1. The number of thioether (sulfide) groups is 1. The second kappa shape index (κ2) is 10.1. The SMILES string of the molecule is CCO/N=C(\C(=O)N[C@@H]1C(=O)N2C(C(=O)[O-])=C(Cn3cc[n+]4cc(C#N)ccc34)CS[C@@H]12)c1nsc(N)n1. The molecule has 2 aliphatic heterocycles. The zero-order valence-corrected chi connectivity index (χ0v) is 21.4. The fraction of sp³-hybridized carbons (Fsp3) is 0.273. The van der Waals surface area contributed by atoms with Crippen LogP contribution in [0.1, 0.15) is 18.3 Å². The third-order valence-corrected chi connectivity index (χ3v) is 7.71. The lowest BCUT2D eigenvalue weighted by molar-refractivity contribution is -0.510. The van der Waals surface area contributed by atoms with E-state index in [1.807, 2.05) is 4.57 Å². The van der Waals surface area contributed by atoms with E-state index >= 15 is 0 Å². The van der Waals surface area contributed by atoms with Gasteiger partial charge in [-0.25, -0.2) is 8.97 Å². The maximum atomic E-state index is 13.1. The van der Waals surface area contributed by atoms with Crippen molar-refractivity contribution in [2.45, 2.75) is 24.9 Å². The van der Waals surface area contributed by atoms with E-state index in [-0.39, 0.29) is 41.3 Å². The third-order valence-electron chi connectivity index (χ3n) is 5.83. The molecule has 3 aromatic heterocycles. The van der Waals surface area contributed by atoms with Crippen molar-refractivity contribution in [1.29, 1.82) is 5.26 Å². The van der Waals surface area contributed by atoms with Gasteiger partial charge in [0.25, 0.3) is 17.5 Å². The van der Waals surface area contributed by atoms with Crippen LogP contribution in [-0.4, -0.2) is 66.1 Å². The minimum Gasteiger partial charge on any atom is -0.543 e. The van der Waals surface area contributed by atoms with Crippen molar-refractivity contribution in [2.24, 2.45) is 5.16 Å². The highest BCUT2D eigenvalue weighted by Crippen LogP contribution is 2.40. The summed E-state index contributed by atoms with van der Waals surface area (Å²) < 4.78 is 7.54. The van der Waals surface area contributed by atoms with E-state index in [0.717, 1.165) is 22.1 Å². The number of nitrogens with zero attached hydrogens (tertiary/aromatic N) is 7. The molecule has 16 heteroatoms. The van der Waals surface area contributed by atoms with Crippen molar-refractivity contribution in [2.75, 3.05) is 18.1 Å². The van der Waals surface area contributed by atoms with Gasteiger partial charge < -0.3 is 25.8 Å². The molecule has 1 saturated heterocycles. The van der Waals surface area contributed by atoms with E-state index in [0.29, 0.717) is 11.1 Å². The molecule has 2 amide bonds. The molecule has 5 heterocycles. The standard InChI is InChI=1S/C22H19N9O5S2/c1-2-36-27-14(17-26-22(24)38-28-17)18(32)25-15-19(33)31-16(21(34)35)12(10-37-20(15)31)9-30-6-5-29-8-11(7-23)3-4-13(29)30/h3-6,8,15,20H,2,9-10H2,1H3,(H3-,24,25,26,28,32,34,35)/b27-14-/t15-,20+/m1/s1. The van der Waals surface area contributed by atoms with Crippen molar-refractivity contribution in [1.82, 2.24) is 24.1 Å². The van der Waals surface area contributed by atoms with Crippen LogP contribution in [0.5, 0.6) is 0 Å². The second-order valence-electron chi connectivity index (χ2n) is 8.14. The molecule has 0 aromatic carbocycles. The van der Waals surface area contributed by atoms with Crippen molar-refractivity contribution >= 4 is 57.6 Å². The molecule has 5 rings (SSSR count). The number of nitrogens with one attached hydrogen (secondary N) is 1. The van der Waals surface area contributed by atoms with E-state index < -0.39 is 29.2 Å². The van der Waals surface area contributed by atoms with E-state index in [4.69, 9.17) is 15.8 Å². The maximum absolute atomic E-state index is 13.1. The molecule has 38 heavy (non-hydrogen) atoms. The van der Waals surface area contributed by atoms with Gasteiger partial charge in [0.1, 0.15) is 49.2 Å². The van der Waals surface area contributed by atoms with E-state index in [2.05, 4.69) is 25.9 Å². The first kappa shape index (κ1) is 25.2. The number of β-lactam (4-membered cyclic amide) rings is 1. The molecular formula is C22H19N9O5S2. The summed E-state index contributed by atoms with van der Waals surface area (Å²) in [6, 6.07) is 4.49. The Morgan fingerprint density at radius 3 is 2.95 bits per heavy atom. The number of aliphatic carboxylic acids is 1. The molecule has 2 aliphatic rings. The smallest absolute Gasteiger partial charge is 0.286 e. The Bertz CT molecular complexity index is 1570. The van der Waals surface area contributed by atoms with Crippen molar-refractivity contribution in [3.8, 4) is 6.07 Å². The first-order valence-corrected chi connectivity index (χ1v) is 13.0. The molecule has 0 radical (unpaired) electrons. The van der Waals surface area contributed by atoms with Gasteiger partial charge in [-0.15, -0.1) is 11.8 Å². The number of nitrogen functional groups attached to an aromatic ring is 1. The van der Waals surface area contributed by atoms with Crippen LogP contribution < -0.4 is 20.6 Å². The van der Waals surface area contributed by atoms with Gasteiger partial charge in [-0.1, -0.05) is 5.16 Å². The van der Waals surface area contributed by atoms with Gasteiger partial charge in [0.15, 0.2) is 5.13 Å². The molecule has 0 saturated carbocycles. The minimum absolute atomic E-state index is 0.0466. The van der Waals surface area contributed by atoms with Gasteiger partial charge in [-0.05, 0) is 13.0 Å². The number of carbonyl (C=O) groups excluding carboxylic acids is 3. The lowest BCUT2D eigenvalue weighted by atomic mass is 10.0. The highest BCUT2D eigenvalue weighted by Gasteiger charge is 2.53. The number of pyridine rings is 1. The zero-order valence-electron chi connectivity index (χ0n) is 19.7. The average molecular weight is 554 g/mol. The molecule has 2 atom stereocenters. The summed E-state index contributed by atoms with van der Waals surface area (Å²) in [6.07, 6.45) is 5.17. The number of aromatic nitrogens is 4. The third kappa shape index (κ3) is 4.41. The van der Waals surface area contributed by atoms with Gasteiger partial charge in [0, 0.05) is 28.9 Å². The van der Waals surface area contributed by atoms with Crippen LogP contribution in [-0.2, 0) is 25.8 Å². The lowest BCUT2D eigenvalue weighted by Crippen LogP contribution is -2.71. The topological polar surface area (TPSA) is 196 Å². The molecule has 3 aromatic rings. The largest absolute Gasteiger partial charge is 0.543 e. The van der Waals surface area contributed by atoms with Crippen LogP contribution in [0, 0.1) is 11.3 Å². The number of nitriles is 1. The second-order valence-corrected chi connectivity index (χ2v) is 10.0. The van der Waals surface area contributed by atoms with Gasteiger partial charge in [0.05, 0.1) is 17.2 Å². The number of amides is 2. The van der Waals surface area contributed by atoms with Gasteiger partial charge >= 0.3 is 0 Å². The zero-order chi connectivity index (χ0) is 27.0. The summed E-state index contributed by atoms with van der Waals surface area (Å²) in [5.41, 5.74) is 6.84. The summed E-state index contributed by atoms with van der Waals surface area (Å²) >= 11 is 2.19. The first-order chi connectivity index (χ1) is 18.3. The predicted octanol–water partition coefficient (Wildman–Crippen LogP) is -1.62. The number of carboxylic acid groups (broad SMARTS) is 1. The summed E-state index contributed by atoms with van der Waals surface area (Å²) in [5.74, 6) is -2.60. The Hall–Kier alpha value is -4.49. The molecule has 0 spiro atoms. The van der Waals surface area contributed by atoms with E-state index in [1.54, 1.807) is 42.0 Å². The first-order valence-electron chi connectivity index (χ1n) is 11.2. The number of nitrogens with two attached hydrogens (primary N) is 1. The number of fused-ring (bicyclic) bond motifs is 2. The van der Waals surface area contributed by atoms with Crippen molar-refractivity contribution in [3.05, 3.63) is 53.4 Å². The number of hydrogen-bond acceptors (Lipinski definition) is 12. The number of rotatable bonds is 8. The van der Waals surface area contributed by atoms with Crippen LogP contribution in [0.25, 0.3) is 5.65 Å². The Labute approximate surface area is 223 Å². The Morgan fingerprint density at radius 1 is 1.45 bits per heavy atom. The summed E-state index contributed by atoms with van der Waals surface area (Å²) in [7, 11) is 0. The van der Waals surface area contributed by atoms with Crippen LogP contribution in [0.15, 0.2) is 47.1 Å². The van der Waals surface area contributed by atoms with Crippen molar-refractivity contribution < 1.29 is 28.7 Å². The predicted molar refractivity (Wildman–Crippen MR) is 132 cm³/mol. The number of anilines is 1. The molecule has 1 fully saturated rings. The normalized spacial score (nSPS) is 19.1. The maximum Gasteiger partial charge on any atom is 0.286 e. The monoisotopic (exact) mass is 553 g/mol. The summed E-state index contributed by atoms with van der Waals surface area (Å²) in [4.78, 5) is 48.3. The molecular weight excluding hydrogens is 534 g/mol. The Morgan fingerprint density at radius 2 is 2.26 bits per heavy atom. The summed E-state index contributed by atoms with van der Waals surface area (Å²) in [5, 5.41) is 27.1. The van der Waals surface area contributed by atoms with Crippen LogP contribution in [0.2, 0.25) is 0 Å². The summed E-state index contributed by atoms with van der Waals surface area (Å²) in [6.45, 7) is 2.05. The number of imidazole rings is 1. The van der Waals surface area contributed by atoms with E-state index in [9.17, 15) is 19.5 Å². The quantitative estimate of drug-likeness (QED) is 0.142.